The van der Waals surface area contributed by atoms with Crippen molar-refractivity contribution in [1.29, 1.82) is 0 Å². The molecule has 0 amide bonds. The molecule has 0 aromatic rings. The van der Waals surface area contributed by atoms with Gasteiger partial charge in [-0.05, 0) is 32.4 Å². The predicted molar refractivity (Wildman–Crippen MR) is 52.1 cm³/mol. The van der Waals surface area contributed by atoms with E-state index in [1.54, 1.807) is 0 Å². The highest BCUT2D eigenvalue weighted by atomic mass is 16.5. The summed E-state index contributed by atoms with van der Waals surface area (Å²) in [4.78, 5) is 10.6. The molecule has 1 aliphatic rings. The summed E-state index contributed by atoms with van der Waals surface area (Å²) < 4.78 is 5.31. The minimum atomic E-state index is -0.852. The number of aliphatic carboxylic acids is 1. The second-order valence-electron chi connectivity index (χ2n) is 3.51. The van der Waals surface area contributed by atoms with E-state index in [0.29, 0.717) is 13.0 Å². The van der Waals surface area contributed by atoms with Crippen LogP contribution in [0.4, 0.5) is 0 Å². The van der Waals surface area contributed by atoms with Gasteiger partial charge in [-0.3, -0.25) is 0 Å². The van der Waals surface area contributed by atoms with E-state index in [2.05, 4.69) is 5.32 Å². The second kappa shape index (κ2) is 5.95. The molecule has 1 aliphatic heterocycles. The van der Waals surface area contributed by atoms with E-state index in [4.69, 9.17) is 15.6 Å². The summed E-state index contributed by atoms with van der Waals surface area (Å²) in [6, 6.07) is 0. The Hall–Kier alpha value is -0.650. The van der Waals surface area contributed by atoms with Crippen LogP contribution in [0.5, 0.6) is 0 Å². The van der Waals surface area contributed by atoms with E-state index in [9.17, 15) is 4.79 Å². The Morgan fingerprint density at radius 1 is 1.57 bits per heavy atom. The lowest BCUT2D eigenvalue weighted by Crippen LogP contribution is -2.30. The lowest BCUT2D eigenvalue weighted by atomic mass is 10.2. The van der Waals surface area contributed by atoms with Crippen LogP contribution in [0.15, 0.2) is 0 Å². The summed E-state index contributed by atoms with van der Waals surface area (Å²) in [7, 11) is 0. The number of nitrogens with two attached hydrogens (primary N) is 1. The molecule has 1 rings (SSSR count). The summed E-state index contributed by atoms with van der Waals surface area (Å²) >= 11 is 0. The predicted octanol–water partition coefficient (Wildman–Crippen LogP) is -0.443. The molecule has 0 aromatic heterocycles. The van der Waals surface area contributed by atoms with Crippen LogP contribution in [0.25, 0.3) is 0 Å². The van der Waals surface area contributed by atoms with Gasteiger partial charge >= 0.3 is 5.97 Å². The third kappa shape index (κ3) is 3.61. The van der Waals surface area contributed by atoms with Crippen molar-refractivity contribution in [2.45, 2.75) is 31.5 Å². The fourth-order valence-electron chi connectivity index (χ4n) is 1.53. The largest absolute Gasteiger partial charge is 0.479 e. The molecule has 1 saturated heterocycles. The van der Waals surface area contributed by atoms with Crippen LogP contribution in [-0.4, -0.2) is 42.9 Å². The highest BCUT2D eigenvalue weighted by molar-refractivity contribution is 5.72. The van der Waals surface area contributed by atoms with Gasteiger partial charge in [0.25, 0.3) is 0 Å². The van der Waals surface area contributed by atoms with Crippen LogP contribution in [0, 0.1) is 0 Å². The molecule has 0 saturated carbocycles. The minimum Gasteiger partial charge on any atom is -0.479 e. The molecule has 5 nitrogen and oxygen atoms in total. The molecule has 1 fully saturated rings. The number of hydrogen-bond donors (Lipinski definition) is 3. The Morgan fingerprint density at radius 3 is 2.93 bits per heavy atom. The summed E-state index contributed by atoms with van der Waals surface area (Å²) in [6.07, 6.45) is 1.84. The number of carboxylic acid groups (broad SMARTS) is 1. The lowest BCUT2D eigenvalue weighted by molar-refractivity contribution is -0.149. The average Bonchev–Trinajstić information content (AvgIpc) is 2.61. The van der Waals surface area contributed by atoms with Gasteiger partial charge in [0.05, 0.1) is 6.10 Å². The van der Waals surface area contributed by atoms with Gasteiger partial charge < -0.3 is 20.9 Å². The standard InChI is InChI=1S/C9H18N2O3/c10-4-1-5-11-6-7-2-3-8(14-7)9(12)13/h7-8,11H,1-6,10H2,(H,12,13). The van der Waals surface area contributed by atoms with Crippen LogP contribution >= 0.6 is 0 Å². The Morgan fingerprint density at radius 2 is 2.36 bits per heavy atom. The number of ether oxygens (including phenoxy) is 1. The molecule has 0 spiro atoms. The Labute approximate surface area is 83.6 Å². The molecule has 14 heavy (non-hydrogen) atoms. The molecule has 82 valence electrons. The van der Waals surface area contributed by atoms with Crippen molar-refractivity contribution in [1.82, 2.24) is 5.32 Å². The van der Waals surface area contributed by atoms with Crippen LogP contribution in [0.2, 0.25) is 0 Å². The van der Waals surface area contributed by atoms with E-state index >= 15 is 0 Å². The Kier molecular flexibility index (Phi) is 4.86. The normalized spacial score (nSPS) is 26.6. The van der Waals surface area contributed by atoms with Crippen LogP contribution < -0.4 is 11.1 Å². The molecular formula is C9H18N2O3. The van der Waals surface area contributed by atoms with Gasteiger partial charge in [0.15, 0.2) is 6.10 Å². The van der Waals surface area contributed by atoms with Crippen LogP contribution in [0.1, 0.15) is 19.3 Å². The summed E-state index contributed by atoms with van der Waals surface area (Å²) in [5.74, 6) is -0.852. The molecule has 2 unspecified atom stereocenters. The maximum Gasteiger partial charge on any atom is 0.332 e. The molecule has 4 N–H and O–H groups in total. The zero-order valence-electron chi connectivity index (χ0n) is 8.24. The maximum atomic E-state index is 10.6. The Balaban J connectivity index is 2.07. The van der Waals surface area contributed by atoms with Crippen molar-refractivity contribution in [2.24, 2.45) is 5.73 Å². The molecule has 5 heteroatoms. The van der Waals surface area contributed by atoms with Gasteiger partial charge in [-0.15, -0.1) is 0 Å². The molecule has 0 radical (unpaired) electrons. The van der Waals surface area contributed by atoms with E-state index in [-0.39, 0.29) is 6.10 Å². The van der Waals surface area contributed by atoms with Crippen LogP contribution in [-0.2, 0) is 9.53 Å². The molecule has 2 atom stereocenters. The summed E-state index contributed by atoms with van der Waals surface area (Å²) in [5, 5.41) is 11.9. The van der Waals surface area contributed by atoms with E-state index in [1.807, 2.05) is 0 Å². The maximum absolute atomic E-state index is 10.6. The first-order valence-corrected chi connectivity index (χ1v) is 5.03. The Bertz CT molecular complexity index is 187. The van der Waals surface area contributed by atoms with Gasteiger partial charge in [0.2, 0.25) is 0 Å². The van der Waals surface area contributed by atoms with E-state index in [0.717, 1.165) is 25.9 Å². The van der Waals surface area contributed by atoms with E-state index < -0.39 is 12.1 Å². The van der Waals surface area contributed by atoms with Crippen molar-refractivity contribution in [3.05, 3.63) is 0 Å². The van der Waals surface area contributed by atoms with E-state index in [1.165, 1.54) is 0 Å². The van der Waals surface area contributed by atoms with Gasteiger partial charge in [-0.2, -0.15) is 0 Å². The number of hydrogen-bond acceptors (Lipinski definition) is 4. The van der Waals surface area contributed by atoms with Crippen molar-refractivity contribution < 1.29 is 14.6 Å². The van der Waals surface area contributed by atoms with Gasteiger partial charge in [0, 0.05) is 6.54 Å². The molecular weight excluding hydrogens is 184 g/mol. The first-order chi connectivity index (χ1) is 6.74. The summed E-state index contributed by atoms with van der Waals surface area (Å²) in [5.41, 5.74) is 5.34. The SMILES string of the molecule is NCCCNCC1CCC(C(=O)O)O1. The summed E-state index contributed by atoms with van der Waals surface area (Å²) in [6.45, 7) is 2.27. The topological polar surface area (TPSA) is 84.6 Å². The molecule has 1 heterocycles. The molecule has 0 bridgehead atoms. The first-order valence-electron chi connectivity index (χ1n) is 5.03. The van der Waals surface area contributed by atoms with Crippen molar-refractivity contribution in [2.75, 3.05) is 19.6 Å². The average molecular weight is 202 g/mol. The number of nitrogens with one attached hydrogen (secondary N) is 1. The minimum absolute atomic E-state index is 0.0499. The molecule has 0 aromatic carbocycles. The van der Waals surface area contributed by atoms with Crippen molar-refractivity contribution in [3.63, 3.8) is 0 Å². The zero-order chi connectivity index (χ0) is 10.4. The monoisotopic (exact) mass is 202 g/mol. The van der Waals surface area contributed by atoms with Gasteiger partial charge in [0.1, 0.15) is 0 Å². The number of carboxylic acids is 1. The molecule has 0 aliphatic carbocycles. The third-order valence-corrected chi connectivity index (χ3v) is 2.31. The zero-order valence-corrected chi connectivity index (χ0v) is 8.24. The fourth-order valence-corrected chi connectivity index (χ4v) is 1.53. The number of carbonyl (C=O) groups is 1. The highest BCUT2D eigenvalue weighted by Crippen LogP contribution is 2.18. The quantitative estimate of drug-likeness (QED) is 0.508. The van der Waals surface area contributed by atoms with Crippen molar-refractivity contribution in [3.8, 4) is 0 Å². The van der Waals surface area contributed by atoms with Crippen molar-refractivity contribution >= 4 is 5.97 Å². The first kappa shape index (κ1) is 11.4. The second-order valence-corrected chi connectivity index (χ2v) is 3.51. The van der Waals surface area contributed by atoms with Gasteiger partial charge in [-0.1, -0.05) is 0 Å². The van der Waals surface area contributed by atoms with Crippen LogP contribution in [0.3, 0.4) is 0 Å². The van der Waals surface area contributed by atoms with Gasteiger partial charge in [-0.25, -0.2) is 4.79 Å². The lowest BCUT2D eigenvalue weighted by Gasteiger charge is -2.11. The highest BCUT2D eigenvalue weighted by Gasteiger charge is 2.29. The fraction of sp³-hybridized carbons (Fsp3) is 0.889. The number of rotatable bonds is 6. The smallest absolute Gasteiger partial charge is 0.332 e. The third-order valence-electron chi connectivity index (χ3n) is 2.31.